The van der Waals surface area contributed by atoms with Crippen molar-refractivity contribution in [3.63, 3.8) is 0 Å². The van der Waals surface area contributed by atoms with E-state index in [0.29, 0.717) is 37.7 Å². The van der Waals surface area contributed by atoms with Crippen LogP contribution in [0.15, 0.2) is 24.3 Å². The fourth-order valence-corrected chi connectivity index (χ4v) is 3.63. The number of hydrogen-bond acceptors (Lipinski definition) is 4. The maximum atomic E-state index is 12.4. The first-order chi connectivity index (χ1) is 14.8. The summed E-state index contributed by atoms with van der Waals surface area (Å²) < 4.78 is 42.5. The molecule has 2 rings (SSSR count). The van der Waals surface area contributed by atoms with Crippen LogP contribution >= 0.6 is 0 Å². The molecule has 6 nitrogen and oxygen atoms in total. The number of hydrogen-bond donors (Lipinski definition) is 1. The maximum absolute atomic E-state index is 12.4. The molecule has 0 bridgehead atoms. The summed E-state index contributed by atoms with van der Waals surface area (Å²) in [5.74, 6) is -1.50. The van der Waals surface area contributed by atoms with Crippen molar-refractivity contribution in [2.45, 2.75) is 65.4 Å². The first-order valence-corrected chi connectivity index (χ1v) is 10.9. The molecule has 0 spiro atoms. The highest BCUT2D eigenvalue weighted by Gasteiger charge is 2.38. The highest BCUT2D eigenvalue weighted by molar-refractivity contribution is 5.81. The van der Waals surface area contributed by atoms with Gasteiger partial charge in [0.05, 0.1) is 0 Å². The van der Waals surface area contributed by atoms with Crippen LogP contribution in [0.5, 0.6) is 0 Å². The van der Waals surface area contributed by atoms with Gasteiger partial charge in [0, 0.05) is 38.8 Å². The number of carbonyl (C=O) groups is 2. The minimum atomic E-state index is -4.89. The molecule has 0 aromatic heterocycles. The molecule has 1 unspecified atom stereocenters. The fourth-order valence-electron chi connectivity index (χ4n) is 3.63. The lowest BCUT2D eigenvalue weighted by Crippen LogP contribution is -2.51. The Bertz CT molecular complexity index is 765. The number of ether oxygens (including phenoxy) is 1. The van der Waals surface area contributed by atoms with Gasteiger partial charge in [-0.15, -0.1) is 0 Å². The van der Waals surface area contributed by atoms with Crippen molar-refractivity contribution in [2.24, 2.45) is 5.92 Å². The van der Waals surface area contributed by atoms with E-state index < -0.39 is 17.7 Å². The van der Waals surface area contributed by atoms with E-state index in [4.69, 9.17) is 4.74 Å². The molecule has 1 fully saturated rings. The Balaban J connectivity index is 2.01. The van der Waals surface area contributed by atoms with Crippen LogP contribution in [0, 0.1) is 5.92 Å². The van der Waals surface area contributed by atoms with Crippen molar-refractivity contribution >= 4 is 12.0 Å². The van der Waals surface area contributed by atoms with Gasteiger partial charge in [0.25, 0.3) is 0 Å². The molecule has 1 heterocycles. The van der Waals surface area contributed by atoms with Gasteiger partial charge in [-0.2, -0.15) is 13.2 Å². The predicted molar refractivity (Wildman–Crippen MR) is 116 cm³/mol. The Labute approximate surface area is 188 Å². The number of piperazine rings is 1. The van der Waals surface area contributed by atoms with E-state index >= 15 is 0 Å². The SMILES string of the molecule is CC(C)CC(c1ccc(CNC(=O)C(F)(F)F)cc1)N1CCN(C(=O)OC(C)(C)C)CC1. The van der Waals surface area contributed by atoms with Crippen LogP contribution in [0.25, 0.3) is 0 Å². The van der Waals surface area contributed by atoms with Gasteiger partial charge >= 0.3 is 18.2 Å². The smallest absolute Gasteiger partial charge is 0.444 e. The van der Waals surface area contributed by atoms with Gasteiger partial charge in [-0.25, -0.2) is 4.79 Å². The third kappa shape index (κ3) is 8.00. The number of alkyl halides is 3. The Morgan fingerprint density at radius 3 is 2.06 bits per heavy atom. The summed E-state index contributed by atoms with van der Waals surface area (Å²) in [6, 6.07) is 7.44. The Morgan fingerprint density at radius 2 is 1.59 bits per heavy atom. The van der Waals surface area contributed by atoms with Crippen LogP contribution in [0.2, 0.25) is 0 Å². The maximum Gasteiger partial charge on any atom is 0.471 e. The van der Waals surface area contributed by atoms with Gasteiger partial charge in [0.1, 0.15) is 5.60 Å². The van der Waals surface area contributed by atoms with E-state index in [1.807, 2.05) is 38.2 Å². The second kappa shape index (κ2) is 10.6. The quantitative estimate of drug-likeness (QED) is 0.683. The minimum Gasteiger partial charge on any atom is -0.444 e. The molecular weight excluding hydrogens is 423 g/mol. The molecule has 1 N–H and O–H groups in total. The van der Waals surface area contributed by atoms with Crippen molar-refractivity contribution in [3.8, 4) is 0 Å². The zero-order valence-corrected chi connectivity index (χ0v) is 19.5. The van der Waals surface area contributed by atoms with Gasteiger partial charge in [0.2, 0.25) is 0 Å². The summed E-state index contributed by atoms with van der Waals surface area (Å²) in [7, 11) is 0. The molecule has 9 heteroatoms. The fraction of sp³-hybridized carbons (Fsp3) is 0.652. The van der Waals surface area contributed by atoms with Crippen LogP contribution < -0.4 is 5.32 Å². The minimum absolute atomic E-state index is 0.134. The zero-order chi connectivity index (χ0) is 24.1. The van der Waals surface area contributed by atoms with Crippen LogP contribution in [0.1, 0.15) is 58.2 Å². The lowest BCUT2D eigenvalue weighted by molar-refractivity contribution is -0.173. The monoisotopic (exact) mass is 457 g/mol. The van der Waals surface area contributed by atoms with Crippen LogP contribution in [-0.4, -0.2) is 59.8 Å². The average molecular weight is 458 g/mol. The van der Waals surface area contributed by atoms with Crippen molar-refractivity contribution in [1.82, 2.24) is 15.1 Å². The summed E-state index contributed by atoms with van der Waals surface area (Å²) in [5, 5.41) is 1.89. The second-order valence-corrected chi connectivity index (χ2v) is 9.57. The van der Waals surface area contributed by atoms with E-state index in [2.05, 4.69) is 18.7 Å². The van der Waals surface area contributed by atoms with Crippen LogP contribution in [0.3, 0.4) is 0 Å². The standard InChI is InChI=1S/C23H34F3N3O3/c1-16(2)14-19(28-10-12-29(13-11-28)21(31)32-22(3,4)5)18-8-6-17(7-9-18)15-27-20(30)23(24,25)26/h6-9,16,19H,10-15H2,1-5H3,(H,27,30). The molecule has 2 amide bonds. The van der Waals surface area contributed by atoms with Gasteiger partial charge in [-0.1, -0.05) is 38.1 Å². The van der Waals surface area contributed by atoms with Crippen molar-refractivity contribution in [1.29, 1.82) is 0 Å². The first-order valence-electron chi connectivity index (χ1n) is 10.9. The molecule has 32 heavy (non-hydrogen) atoms. The van der Waals surface area contributed by atoms with E-state index in [1.54, 1.807) is 17.0 Å². The summed E-state index contributed by atoms with van der Waals surface area (Å²) in [6.45, 7) is 12.2. The van der Waals surface area contributed by atoms with Crippen molar-refractivity contribution in [2.75, 3.05) is 26.2 Å². The van der Waals surface area contributed by atoms with Gasteiger partial charge in [-0.3, -0.25) is 9.69 Å². The predicted octanol–water partition coefficient (Wildman–Crippen LogP) is 4.51. The number of benzene rings is 1. The Kier molecular flexibility index (Phi) is 8.56. The normalized spacial score (nSPS) is 16.7. The summed E-state index contributed by atoms with van der Waals surface area (Å²) in [4.78, 5) is 27.4. The van der Waals surface area contributed by atoms with E-state index in [-0.39, 0.29) is 18.7 Å². The number of nitrogens with one attached hydrogen (secondary N) is 1. The number of rotatable bonds is 6. The number of carbonyl (C=O) groups excluding carboxylic acids is 2. The molecule has 0 radical (unpaired) electrons. The molecule has 0 saturated carbocycles. The molecule has 1 saturated heterocycles. The topological polar surface area (TPSA) is 61.9 Å². The van der Waals surface area contributed by atoms with Gasteiger partial charge < -0.3 is 15.0 Å². The number of nitrogens with zero attached hydrogens (tertiary/aromatic N) is 2. The Morgan fingerprint density at radius 1 is 1.03 bits per heavy atom. The molecular formula is C23H34F3N3O3. The summed E-state index contributed by atoms with van der Waals surface area (Å²) >= 11 is 0. The molecule has 1 atom stereocenters. The molecule has 0 aliphatic carbocycles. The summed E-state index contributed by atoms with van der Waals surface area (Å²) in [5.41, 5.74) is 1.13. The zero-order valence-electron chi connectivity index (χ0n) is 19.5. The molecule has 1 aliphatic heterocycles. The highest BCUT2D eigenvalue weighted by atomic mass is 19.4. The van der Waals surface area contributed by atoms with Crippen molar-refractivity contribution in [3.05, 3.63) is 35.4 Å². The molecule has 1 aromatic rings. The largest absolute Gasteiger partial charge is 0.471 e. The van der Waals surface area contributed by atoms with Crippen molar-refractivity contribution < 1.29 is 27.5 Å². The van der Waals surface area contributed by atoms with E-state index in [0.717, 1.165) is 12.0 Å². The molecule has 1 aromatic carbocycles. The number of halogens is 3. The van der Waals surface area contributed by atoms with Gasteiger partial charge in [0.15, 0.2) is 0 Å². The van der Waals surface area contributed by atoms with Crippen LogP contribution in [-0.2, 0) is 16.1 Å². The molecule has 1 aliphatic rings. The molecule has 180 valence electrons. The third-order valence-corrected chi connectivity index (χ3v) is 5.18. The average Bonchev–Trinajstić information content (AvgIpc) is 2.68. The number of amides is 2. The highest BCUT2D eigenvalue weighted by Crippen LogP contribution is 2.29. The van der Waals surface area contributed by atoms with E-state index in [9.17, 15) is 22.8 Å². The second-order valence-electron chi connectivity index (χ2n) is 9.57. The Hall–Kier alpha value is -2.29. The summed E-state index contributed by atoms with van der Waals surface area (Å²) in [6.07, 6.45) is -4.27. The van der Waals surface area contributed by atoms with Gasteiger partial charge in [-0.05, 0) is 44.2 Å². The lowest BCUT2D eigenvalue weighted by atomic mass is 9.94. The third-order valence-electron chi connectivity index (χ3n) is 5.18. The van der Waals surface area contributed by atoms with E-state index in [1.165, 1.54) is 0 Å². The van der Waals surface area contributed by atoms with Crippen LogP contribution in [0.4, 0.5) is 18.0 Å². The first kappa shape index (κ1) is 26.0. The lowest BCUT2D eigenvalue weighted by Gasteiger charge is -2.40.